The molecule has 0 unspecified atom stereocenters. The number of carbonyl (C=O) groups excluding carboxylic acids is 1. The van der Waals surface area contributed by atoms with E-state index in [4.69, 9.17) is 4.52 Å². The van der Waals surface area contributed by atoms with Gasteiger partial charge in [0.25, 0.3) is 0 Å². The lowest BCUT2D eigenvalue weighted by Crippen LogP contribution is -2.43. The number of urea groups is 1. The summed E-state index contributed by atoms with van der Waals surface area (Å²) in [5, 5.41) is 11.2. The molecule has 1 aromatic carbocycles. The number of aryl methyl sites for hydroxylation is 2. The number of nitrogens with zero attached hydrogens (tertiary/aromatic N) is 5. The normalized spacial score (nSPS) is 12.0. The molecule has 0 aliphatic carbocycles. The standard InChI is InChI=1S/C20H26N6O2/c1-4-25(20(27)22-16(3)9-12-26-11-6-10-21-26)14-18-23-19(24-28-18)17-8-5-7-15(2)13-17/h5-8,10-11,13,16H,4,9,12,14H2,1-3H3,(H,22,27)/t16-/m1/s1. The predicted molar refractivity (Wildman–Crippen MR) is 105 cm³/mol. The van der Waals surface area contributed by atoms with E-state index in [-0.39, 0.29) is 18.6 Å². The van der Waals surface area contributed by atoms with Crippen molar-refractivity contribution in [1.82, 2.24) is 30.1 Å². The van der Waals surface area contributed by atoms with Crippen LogP contribution in [0.5, 0.6) is 0 Å². The van der Waals surface area contributed by atoms with Crippen LogP contribution in [0.25, 0.3) is 11.4 Å². The molecule has 0 bridgehead atoms. The highest BCUT2D eigenvalue weighted by Crippen LogP contribution is 2.17. The molecule has 3 aromatic rings. The van der Waals surface area contributed by atoms with Gasteiger partial charge in [-0.1, -0.05) is 28.9 Å². The zero-order valence-corrected chi connectivity index (χ0v) is 16.5. The van der Waals surface area contributed by atoms with Crippen molar-refractivity contribution in [2.75, 3.05) is 6.54 Å². The van der Waals surface area contributed by atoms with Crippen molar-refractivity contribution in [2.24, 2.45) is 0 Å². The zero-order chi connectivity index (χ0) is 19.9. The highest BCUT2D eigenvalue weighted by molar-refractivity contribution is 5.74. The molecule has 0 saturated carbocycles. The molecule has 3 rings (SSSR count). The van der Waals surface area contributed by atoms with Crippen LogP contribution in [0.15, 0.2) is 47.2 Å². The van der Waals surface area contributed by atoms with Crippen LogP contribution in [0.3, 0.4) is 0 Å². The van der Waals surface area contributed by atoms with Crippen LogP contribution in [0, 0.1) is 6.92 Å². The van der Waals surface area contributed by atoms with Crippen LogP contribution in [-0.2, 0) is 13.1 Å². The van der Waals surface area contributed by atoms with E-state index in [9.17, 15) is 4.79 Å². The first-order chi connectivity index (χ1) is 13.5. The Bertz CT molecular complexity index is 890. The molecule has 2 heterocycles. The minimum absolute atomic E-state index is 0.0243. The van der Waals surface area contributed by atoms with Gasteiger partial charge in [0.05, 0.1) is 0 Å². The molecule has 1 N–H and O–H groups in total. The third-order valence-corrected chi connectivity index (χ3v) is 4.46. The number of rotatable bonds is 8. The largest absolute Gasteiger partial charge is 0.337 e. The van der Waals surface area contributed by atoms with Crippen LogP contribution in [0.4, 0.5) is 4.79 Å². The first kappa shape index (κ1) is 19.6. The summed E-state index contributed by atoms with van der Waals surface area (Å²) in [4.78, 5) is 18.7. The van der Waals surface area contributed by atoms with E-state index in [0.717, 1.165) is 24.1 Å². The molecule has 8 nitrogen and oxygen atoms in total. The second-order valence-electron chi connectivity index (χ2n) is 6.80. The number of aromatic nitrogens is 4. The fraction of sp³-hybridized carbons (Fsp3) is 0.400. The summed E-state index contributed by atoms with van der Waals surface area (Å²) in [7, 11) is 0. The molecular formula is C20H26N6O2. The lowest BCUT2D eigenvalue weighted by atomic mass is 10.1. The fourth-order valence-electron chi connectivity index (χ4n) is 2.84. The van der Waals surface area contributed by atoms with E-state index in [2.05, 4.69) is 20.6 Å². The molecule has 0 saturated heterocycles. The maximum atomic E-state index is 12.6. The first-order valence-corrected chi connectivity index (χ1v) is 9.47. The van der Waals surface area contributed by atoms with E-state index < -0.39 is 0 Å². The van der Waals surface area contributed by atoms with Crippen molar-refractivity contribution in [3.8, 4) is 11.4 Å². The van der Waals surface area contributed by atoms with Gasteiger partial charge in [-0.25, -0.2) is 4.79 Å². The average molecular weight is 382 g/mol. The van der Waals surface area contributed by atoms with Gasteiger partial charge < -0.3 is 14.7 Å². The van der Waals surface area contributed by atoms with Gasteiger partial charge >= 0.3 is 6.03 Å². The van der Waals surface area contributed by atoms with Crippen LogP contribution >= 0.6 is 0 Å². The molecule has 0 radical (unpaired) electrons. The van der Waals surface area contributed by atoms with Gasteiger partial charge in [0.1, 0.15) is 6.54 Å². The number of carbonyl (C=O) groups is 1. The summed E-state index contributed by atoms with van der Waals surface area (Å²) >= 11 is 0. The average Bonchev–Trinajstić information content (AvgIpc) is 3.36. The van der Waals surface area contributed by atoms with Crippen molar-refractivity contribution < 1.29 is 9.32 Å². The number of hydrogen-bond donors (Lipinski definition) is 1. The Labute approximate surface area is 164 Å². The van der Waals surface area contributed by atoms with Crippen molar-refractivity contribution in [1.29, 1.82) is 0 Å². The van der Waals surface area contributed by atoms with E-state index >= 15 is 0 Å². The maximum Gasteiger partial charge on any atom is 0.318 e. The lowest BCUT2D eigenvalue weighted by Gasteiger charge is -2.22. The number of benzene rings is 1. The molecule has 0 fully saturated rings. The topological polar surface area (TPSA) is 89.1 Å². The van der Waals surface area contributed by atoms with Gasteiger partial charge in [-0.05, 0) is 39.3 Å². The summed E-state index contributed by atoms with van der Waals surface area (Å²) in [5.41, 5.74) is 2.03. The molecule has 1 atom stereocenters. The third kappa shape index (κ3) is 5.18. The van der Waals surface area contributed by atoms with Gasteiger partial charge in [-0.3, -0.25) is 4.68 Å². The summed E-state index contributed by atoms with van der Waals surface area (Å²) in [6.07, 6.45) is 4.45. The molecule has 0 spiro atoms. The van der Waals surface area contributed by atoms with E-state index in [1.54, 1.807) is 11.1 Å². The summed E-state index contributed by atoms with van der Waals surface area (Å²) in [5.74, 6) is 0.945. The Morgan fingerprint density at radius 3 is 2.93 bits per heavy atom. The minimum atomic E-state index is -0.147. The maximum absolute atomic E-state index is 12.6. The third-order valence-electron chi connectivity index (χ3n) is 4.46. The van der Waals surface area contributed by atoms with E-state index in [1.807, 2.05) is 62.0 Å². The molecular weight excluding hydrogens is 356 g/mol. The van der Waals surface area contributed by atoms with Gasteiger partial charge in [-0.2, -0.15) is 10.1 Å². The molecule has 28 heavy (non-hydrogen) atoms. The van der Waals surface area contributed by atoms with Crippen LogP contribution in [0.1, 0.15) is 31.7 Å². The minimum Gasteiger partial charge on any atom is -0.337 e. The van der Waals surface area contributed by atoms with Crippen molar-refractivity contribution in [3.63, 3.8) is 0 Å². The van der Waals surface area contributed by atoms with Gasteiger partial charge in [0.2, 0.25) is 11.7 Å². The quantitative estimate of drug-likeness (QED) is 0.646. The summed E-state index contributed by atoms with van der Waals surface area (Å²) in [6.45, 7) is 7.49. The SMILES string of the molecule is CCN(Cc1nc(-c2cccc(C)c2)no1)C(=O)N[C@H](C)CCn1cccn1. The van der Waals surface area contributed by atoms with Crippen LogP contribution in [-0.4, -0.2) is 43.4 Å². The molecule has 2 amide bonds. The summed E-state index contributed by atoms with van der Waals surface area (Å²) in [6, 6.07) is 9.67. The van der Waals surface area contributed by atoms with Crippen LogP contribution < -0.4 is 5.32 Å². The van der Waals surface area contributed by atoms with Crippen molar-refractivity contribution in [3.05, 3.63) is 54.2 Å². The zero-order valence-electron chi connectivity index (χ0n) is 16.5. The monoisotopic (exact) mass is 382 g/mol. The molecule has 2 aromatic heterocycles. The van der Waals surface area contributed by atoms with E-state index in [1.165, 1.54) is 0 Å². The smallest absolute Gasteiger partial charge is 0.318 e. The van der Waals surface area contributed by atoms with Gasteiger partial charge in [0.15, 0.2) is 0 Å². The highest BCUT2D eigenvalue weighted by atomic mass is 16.5. The van der Waals surface area contributed by atoms with Crippen molar-refractivity contribution in [2.45, 2.75) is 46.3 Å². The predicted octanol–water partition coefficient (Wildman–Crippen LogP) is 3.25. The molecule has 0 aliphatic heterocycles. The van der Waals surface area contributed by atoms with Gasteiger partial charge in [-0.15, -0.1) is 0 Å². The lowest BCUT2D eigenvalue weighted by molar-refractivity contribution is 0.185. The molecule has 148 valence electrons. The first-order valence-electron chi connectivity index (χ1n) is 9.47. The Hall–Kier alpha value is -3.16. The van der Waals surface area contributed by atoms with Gasteiger partial charge in [0, 0.05) is 37.1 Å². The number of hydrogen-bond acceptors (Lipinski definition) is 5. The Morgan fingerprint density at radius 1 is 1.36 bits per heavy atom. The van der Waals surface area contributed by atoms with E-state index in [0.29, 0.717) is 18.3 Å². The highest BCUT2D eigenvalue weighted by Gasteiger charge is 2.18. The molecule has 8 heteroatoms. The second kappa shape index (κ2) is 9.16. The summed E-state index contributed by atoms with van der Waals surface area (Å²) < 4.78 is 7.20. The Balaban J connectivity index is 1.55. The van der Waals surface area contributed by atoms with Crippen LogP contribution in [0.2, 0.25) is 0 Å². The fourth-order valence-corrected chi connectivity index (χ4v) is 2.84. The second-order valence-corrected chi connectivity index (χ2v) is 6.80. The Morgan fingerprint density at radius 2 is 2.21 bits per heavy atom. The molecule has 0 aliphatic rings. The van der Waals surface area contributed by atoms with Crippen molar-refractivity contribution >= 4 is 6.03 Å². The Kier molecular flexibility index (Phi) is 6.41. The number of amides is 2. The number of nitrogens with one attached hydrogen (secondary N) is 1.